The number of carbonyl (C=O) groups is 2. The molecule has 0 saturated heterocycles. The third-order valence-corrected chi connectivity index (χ3v) is 3.54. The normalized spacial score (nSPS) is 10.0. The number of nitrogens with one attached hydrogen (secondary N) is 2. The van der Waals surface area contributed by atoms with Crippen LogP contribution in [-0.4, -0.2) is 18.4 Å². The molecule has 0 saturated carbocycles. The molecule has 0 bridgehead atoms. The zero-order chi connectivity index (χ0) is 15.8. The van der Waals surface area contributed by atoms with E-state index in [1.165, 1.54) is 0 Å². The van der Waals surface area contributed by atoms with Crippen molar-refractivity contribution in [2.75, 3.05) is 11.9 Å². The zero-order valence-electron chi connectivity index (χ0n) is 12.0. The first kappa shape index (κ1) is 16.2. The van der Waals surface area contributed by atoms with Gasteiger partial charge in [0, 0.05) is 23.1 Å². The van der Waals surface area contributed by atoms with Crippen LogP contribution in [0.5, 0.6) is 0 Å². The molecule has 4 nitrogen and oxygen atoms in total. The average molecular weight is 361 g/mol. The summed E-state index contributed by atoms with van der Waals surface area (Å²) in [5.74, 6) is -0.204. The summed E-state index contributed by atoms with van der Waals surface area (Å²) in [7, 11) is 0. The zero-order valence-corrected chi connectivity index (χ0v) is 13.6. The van der Waals surface area contributed by atoms with Crippen LogP contribution in [0.2, 0.25) is 0 Å². The number of halogens is 1. The predicted octanol–water partition coefficient (Wildman–Crippen LogP) is 3.14. The van der Waals surface area contributed by atoms with Crippen LogP contribution < -0.4 is 10.6 Å². The number of benzene rings is 2. The van der Waals surface area contributed by atoms with Crippen LogP contribution in [0.15, 0.2) is 59.1 Å². The van der Waals surface area contributed by atoms with Crippen LogP contribution in [-0.2, 0) is 16.0 Å². The van der Waals surface area contributed by atoms with E-state index in [2.05, 4.69) is 26.6 Å². The molecule has 5 heteroatoms. The Morgan fingerprint density at radius 1 is 0.909 bits per heavy atom. The lowest BCUT2D eigenvalue weighted by atomic mass is 10.1. The monoisotopic (exact) mass is 360 g/mol. The van der Waals surface area contributed by atoms with Gasteiger partial charge in [0.15, 0.2) is 0 Å². The van der Waals surface area contributed by atoms with Gasteiger partial charge < -0.3 is 10.6 Å². The number of carbonyl (C=O) groups excluding carboxylic acids is 2. The first-order valence-corrected chi connectivity index (χ1v) is 7.79. The number of hydrogen-bond donors (Lipinski definition) is 2. The maximum atomic E-state index is 11.8. The van der Waals surface area contributed by atoms with E-state index in [4.69, 9.17) is 0 Å². The molecule has 0 spiro atoms. The number of anilines is 1. The topological polar surface area (TPSA) is 58.2 Å². The molecule has 0 aromatic heterocycles. The third kappa shape index (κ3) is 5.69. The molecule has 0 unspecified atom stereocenters. The summed E-state index contributed by atoms with van der Waals surface area (Å²) < 4.78 is 0.957. The smallest absolute Gasteiger partial charge is 0.226 e. The van der Waals surface area contributed by atoms with Crippen molar-refractivity contribution < 1.29 is 9.59 Å². The van der Waals surface area contributed by atoms with Gasteiger partial charge in [-0.1, -0.05) is 46.3 Å². The molecule has 0 atom stereocenters. The fraction of sp³-hybridized carbons (Fsp3) is 0.176. The molecule has 2 N–H and O–H groups in total. The van der Waals surface area contributed by atoms with Crippen molar-refractivity contribution in [1.82, 2.24) is 5.32 Å². The van der Waals surface area contributed by atoms with E-state index in [1.807, 2.05) is 54.6 Å². The Labute approximate surface area is 138 Å². The minimum atomic E-state index is -0.123. The SMILES string of the molecule is O=C(Cc1ccccc1)NCCC(=O)Nc1ccc(Br)cc1. The van der Waals surface area contributed by atoms with Crippen LogP contribution in [0.1, 0.15) is 12.0 Å². The van der Waals surface area contributed by atoms with Gasteiger partial charge in [0.25, 0.3) is 0 Å². The fourth-order valence-electron chi connectivity index (χ4n) is 1.92. The van der Waals surface area contributed by atoms with Crippen molar-refractivity contribution in [3.8, 4) is 0 Å². The summed E-state index contributed by atoms with van der Waals surface area (Å²) in [6.07, 6.45) is 0.575. The van der Waals surface area contributed by atoms with Crippen molar-refractivity contribution in [1.29, 1.82) is 0 Å². The number of rotatable bonds is 6. The van der Waals surface area contributed by atoms with Gasteiger partial charge in [-0.05, 0) is 29.8 Å². The molecule has 114 valence electrons. The average Bonchev–Trinajstić information content (AvgIpc) is 2.50. The van der Waals surface area contributed by atoms with Crippen LogP contribution in [0.3, 0.4) is 0 Å². The molecule has 0 fully saturated rings. The van der Waals surface area contributed by atoms with E-state index in [0.717, 1.165) is 15.7 Å². The second kappa shape index (κ2) is 8.34. The largest absolute Gasteiger partial charge is 0.355 e. The van der Waals surface area contributed by atoms with Gasteiger partial charge in [0.05, 0.1) is 6.42 Å². The first-order chi connectivity index (χ1) is 10.6. The second-order valence-electron chi connectivity index (χ2n) is 4.82. The van der Waals surface area contributed by atoms with Gasteiger partial charge in [0.2, 0.25) is 11.8 Å². The quantitative estimate of drug-likeness (QED) is 0.831. The van der Waals surface area contributed by atoms with Gasteiger partial charge in [-0.25, -0.2) is 0 Å². The van der Waals surface area contributed by atoms with E-state index in [9.17, 15) is 9.59 Å². The summed E-state index contributed by atoms with van der Waals surface area (Å²) in [6.45, 7) is 0.327. The fourth-order valence-corrected chi connectivity index (χ4v) is 2.18. The van der Waals surface area contributed by atoms with Gasteiger partial charge in [-0.3, -0.25) is 9.59 Å². The highest BCUT2D eigenvalue weighted by Gasteiger charge is 2.05. The molecule has 2 aromatic rings. The van der Waals surface area contributed by atoms with Gasteiger partial charge >= 0.3 is 0 Å². The Balaban J connectivity index is 1.68. The highest BCUT2D eigenvalue weighted by Crippen LogP contribution is 2.14. The van der Waals surface area contributed by atoms with E-state index in [-0.39, 0.29) is 18.2 Å². The molecule has 0 radical (unpaired) electrons. The highest BCUT2D eigenvalue weighted by molar-refractivity contribution is 9.10. The Kier molecular flexibility index (Phi) is 6.15. The molecule has 22 heavy (non-hydrogen) atoms. The molecule has 2 rings (SSSR count). The maximum absolute atomic E-state index is 11.8. The van der Waals surface area contributed by atoms with Crippen LogP contribution in [0, 0.1) is 0 Å². The molecular formula is C17H17BrN2O2. The number of hydrogen-bond acceptors (Lipinski definition) is 2. The van der Waals surface area contributed by atoms with E-state index >= 15 is 0 Å². The third-order valence-electron chi connectivity index (χ3n) is 3.01. The molecule has 0 aliphatic carbocycles. The molecule has 0 heterocycles. The highest BCUT2D eigenvalue weighted by atomic mass is 79.9. The lowest BCUT2D eigenvalue weighted by Gasteiger charge is -2.07. The lowest BCUT2D eigenvalue weighted by molar-refractivity contribution is -0.120. The number of amides is 2. The van der Waals surface area contributed by atoms with Crippen molar-refractivity contribution in [3.05, 3.63) is 64.6 Å². The van der Waals surface area contributed by atoms with Crippen molar-refractivity contribution in [3.63, 3.8) is 0 Å². The predicted molar refractivity (Wildman–Crippen MR) is 90.5 cm³/mol. The Morgan fingerprint density at radius 2 is 1.59 bits per heavy atom. The summed E-state index contributed by atoms with van der Waals surface area (Å²) in [5, 5.41) is 5.53. The van der Waals surface area contributed by atoms with Crippen molar-refractivity contribution in [2.45, 2.75) is 12.8 Å². The molecular weight excluding hydrogens is 344 g/mol. The molecule has 0 aliphatic heterocycles. The van der Waals surface area contributed by atoms with Crippen LogP contribution in [0.25, 0.3) is 0 Å². The minimum Gasteiger partial charge on any atom is -0.355 e. The van der Waals surface area contributed by atoms with Gasteiger partial charge in [-0.2, -0.15) is 0 Å². The van der Waals surface area contributed by atoms with E-state index < -0.39 is 0 Å². The van der Waals surface area contributed by atoms with E-state index in [0.29, 0.717) is 13.0 Å². The lowest BCUT2D eigenvalue weighted by Crippen LogP contribution is -2.28. The minimum absolute atomic E-state index is 0.0809. The molecule has 2 amide bonds. The van der Waals surface area contributed by atoms with Gasteiger partial charge in [0.1, 0.15) is 0 Å². The van der Waals surface area contributed by atoms with Crippen LogP contribution in [0.4, 0.5) is 5.69 Å². The standard InChI is InChI=1S/C17H17BrN2O2/c18-14-6-8-15(9-7-14)20-16(21)10-11-19-17(22)12-13-4-2-1-3-5-13/h1-9H,10-12H2,(H,19,22)(H,20,21). The van der Waals surface area contributed by atoms with Crippen molar-refractivity contribution in [2.24, 2.45) is 0 Å². The summed E-state index contributed by atoms with van der Waals surface area (Å²) in [4.78, 5) is 23.5. The van der Waals surface area contributed by atoms with E-state index in [1.54, 1.807) is 0 Å². The van der Waals surface area contributed by atoms with Gasteiger partial charge in [-0.15, -0.1) is 0 Å². The molecule has 2 aromatic carbocycles. The van der Waals surface area contributed by atoms with Crippen LogP contribution >= 0.6 is 15.9 Å². The Morgan fingerprint density at radius 3 is 2.27 bits per heavy atom. The van der Waals surface area contributed by atoms with Crippen molar-refractivity contribution >= 4 is 33.4 Å². The first-order valence-electron chi connectivity index (χ1n) is 6.99. The second-order valence-corrected chi connectivity index (χ2v) is 5.73. The summed E-state index contributed by atoms with van der Waals surface area (Å²) in [5.41, 5.74) is 1.70. The Bertz CT molecular complexity index is 627. The molecule has 0 aliphatic rings. The Hall–Kier alpha value is -2.14. The maximum Gasteiger partial charge on any atom is 0.226 e. The summed E-state index contributed by atoms with van der Waals surface area (Å²) >= 11 is 3.34. The summed E-state index contributed by atoms with van der Waals surface area (Å²) in [6, 6.07) is 16.9.